The third-order valence-corrected chi connectivity index (χ3v) is 7.88. The van der Waals surface area contributed by atoms with Gasteiger partial charge in [0, 0.05) is 22.9 Å². The van der Waals surface area contributed by atoms with Gasteiger partial charge in [-0.1, -0.05) is 55.5 Å². The molecule has 0 saturated carbocycles. The van der Waals surface area contributed by atoms with E-state index < -0.39 is 0 Å². The molecule has 9 heteroatoms. The standard InChI is InChI=1S/C34H31N5O3S/c1-4-6-19-42-29-17-14-25(20-23(29)3)31-26(22-38(36-31)27-10-8-7-9-11-27)21-30-33(40)39-34(43-30)35-32(37-39)24-12-15-28(16-13-24)41-18-5-2/h5,7-17,20-22H,2,4,6,18-19H2,1,3H3/b30-21+. The summed E-state index contributed by atoms with van der Waals surface area (Å²) in [6.45, 7) is 8.97. The molecule has 0 unspecified atom stereocenters. The number of nitrogens with zero attached hydrogens (tertiary/aromatic N) is 5. The number of hydrogen-bond donors (Lipinski definition) is 0. The Morgan fingerprint density at radius 3 is 2.49 bits per heavy atom. The Hall–Kier alpha value is -5.02. The summed E-state index contributed by atoms with van der Waals surface area (Å²) in [5.74, 6) is 2.08. The van der Waals surface area contributed by atoms with E-state index in [2.05, 4.69) is 29.7 Å². The van der Waals surface area contributed by atoms with Crippen LogP contribution in [-0.2, 0) is 0 Å². The lowest BCUT2D eigenvalue weighted by molar-refractivity contribution is 0.307. The zero-order valence-corrected chi connectivity index (χ0v) is 24.9. The number of hydrogen-bond acceptors (Lipinski definition) is 7. The van der Waals surface area contributed by atoms with Crippen LogP contribution in [0.1, 0.15) is 30.9 Å². The minimum atomic E-state index is -0.223. The lowest BCUT2D eigenvalue weighted by Crippen LogP contribution is -2.23. The Bertz CT molecular complexity index is 1990. The fourth-order valence-electron chi connectivity index (χ4n) is 4.67. The van der Waals surface area contributed by atoms with E-state index in [1.54, 1.807) is 6.08 Å². The van der Waals surface area contributed by atoms with E-state index in [4.69, 9.17) is 14.6 Å². The summed E-state index contributed by atoms with van der Waals surface area (Å²) in [6, 6.07) is 23.5. The van der Waals surface area contributed by atoms with Crippen LogP contribution in [0.25, 0.3) is 39.4 Å². The van der Waals surface area contributed by atoms with Crippen molar-refractivity contribution in [1.29, 1.82) is 0 Å². The van der Waals surface area contributed by atoms with Gasteiger partial charge in [0.25, 0.3) is 5.56 Å². The Balaban J connectivity index is 1.38. The van der Waals surface area contributed by atoms with Crippen molar-refractivity contribution in [2.45, 2.75) is 26.7 Å². The van der Waals surface area contributed by atoms with Crippen molar-refractivity contribution >= 4 is 22.4 Å². The van der Waals surface area contributed by atoms with Gasteiger partial charge in [-0.05, 0) is 79.6 Å². The van der Waals surface area contributed by atoms with Crippen molar-refractivity contribution in [3.63, 3.8) is 0 Å². The van der Waals surface area contributed by atoms with Crippen molar-refractivity contribution in [3.8, 4) is 39.8 Å². The van der Waals surface area contributed by atoms with Crippen LogP contribution >= 0.6 is 11.3 Å². The summed E-state index contributed by atoms with van der Waals surface area (Å²) >= 11 is 1.30. The number of rotatable bonds is 11. The fraction of sp³-hybridized carbons (Fsp3) is 0.176. The molecule has 8 nitrogen and oxygen atoms in total. The average Bonchev–Trinajstić information content (AvgIpc) is 3.72. The number of fused-ring (bicyclic) bond motifs is 1. The monoisotopic (exact) mass is 589 g/mol. The van der Waals surface area contributed by atoms with Crippen LogP contribution in [0.15, 0.2) is 96.4 Å². The molecule has 6 aromatic rings. The maximum atomic E-state index is 13.5. The Morgan fingerprint density at radius 1 is 0.977 bits per heavy atom. The molecule has 0 aliphatic heterocycles. The highest BCUT2D eigenvalue weighted by atomic mass is 32.1. The van der Waals surface area contributed by atoms with Crippen molar-refractivity contribution in [2.75, 3.05) is 13.2 Å². The maximum Gasteiger partial charge on any atom is 0.291 e. The average molecular weight is 590 g/mol. The molecule has 3 heterocycles. The fourth-order valence-corrected chi connectivity index (χ4v) is 5.57. The molecule has 0 atom stereocenters. The number of ether oxygens (including phenoxy) is 2. The molecule has 0 aliphatic carbocycles. The molecular weight excluding hydrogens is 558 g/mol. The number of aryl methyl sites for hydroxylation is 1. The zero-order valence-electron chi connectivity index (χ0n) is 24.1. The third kappa shape index (κ3) is 5.98. The normalized spacial score (nSPS) is 11.7. The molecule has 0 aliphatic rings. The highest BCUT2D eigenvalue weighted by Gasteiger charge is 2.16. The number of unbranched alkanes of at least 4 members (excludes halogenated alkanes) is 1. The van der Waals surface area contributed by atoms with Crippen LogP contribution in [0.4, 0.5) is 0 Å². The molecule has 43 heavy (non-hydrogen) atoms. The third-order valence-electron chi connectivity index (χ3n) is 6.92. The SMILES string of the molecule is C=CCOc1ccc(-c2nc3s/c(=C/c4cn(-c5ccccc5)nc4-c4ccc(OCCCC)c(C)c4)c(=O)n3n2)cc1. The van der Waals surface area contributed by atoms with Gasteiger partial charge in [-0.2, -0.15) is 14.6 Å². The van der Waals surface area contributed by atoms with Crippen molar-refractivity contribution < 1.29 is 9.47 Å². The number of thiazole rings is 1. The van der Waals surface area contributed by atoms with Gasteiger partial charge in [0.15, 0.2) is 5.82 Å². The summed E-state index contributed by atoms with van der Waals surface area (Å²) < 4.78 is 15.3. The van der Waals surface area contributed by atoms with Crippen LogP contribution in [0, 0.1) is 6.92 Å². The Labute approximate surface area is 253 Å². The lowest BCUT2D eigenvalue weighted by Gasteiger charge is -2.10. The van der Waals surface area contributed by atoms with Gasteiger partial charge in [-0.15, -0.1) is 5.10 Å². The first-order chi connectivity index (χ1) is 21.0. The molecule has 3 aromatic heterocycles. The van der Waals surface area contributed by atoms with Gasteiger partial charge in [-0.3, -0.25) is 4.79 Å². The van der Waals surface area contributed by atoms with E-state index in [9.17, 15) is 4.79 Å². The van der Waals surface area contributed by atoms with Gasteiger partial charge >= 0.3 is 0 Å². The molecule has 216 valence electrons. The molecule has 0 radical (unpaired) electrons. The van der Waals surface area contributed by atoms with Crippen LogP contribution in [-0.4, -0.2) is 37.6 Å². The smallest absolute Gasteiger partial charge is 0.291 e. The van der Waals surface area contributed by atoms with Crippen LogP contribution < -0.4 is 19.6 Å². The van der Waals surface area contributed by atoms with Gasteiger partial charge < -0.3 is 9.47 Å². The first kappa shape index (κ1) is 28.1. The molecule has 0 amide bonds. The Kier molecular flexibility index (Phi) is 8.15. The first-order valence-electron chi connectivity index (χ1n) is 14.2. The highest BCUT2D eigenvalue weighted by molar-refractivity contribution is 7.15. The summed E-state index contributed by atoms with van der Waals surface area (Å²) in [5, 5.41) is 9.45. The Morgan fingerprint density at radius 2 is 1.77 bits per heavy atom. The summed E-state index contributed by atoms with van der Waals surface area (Å²) in [6.07, 6.45) is 7.61. The molecular formula is C34H31N5O3S. The van der Waals surface area contributed by atoms with E-state index in [1.165, 1.54) is 15.9 Å². The number of para-hydroxylation sites is 1. The molecule has 0 saturated heterocycles. The van der Waals surface area contributed by atoms with Crippen molar-refractivity contribution in [3.05, 3.63) is 118 Å². The second kappa shape index (κ2) is 12.5. The van der Waals surface area contributed by atoms with Gasteiger partial charge in [0.1, 0.15) is 23.8 Å². The highest BCUT2D eigenvalue weighted by Crippen LogP contribution is 2.29. The lowest BCUT2D eigenvalue weighted by atomic mass is 10.0. The van der Waals surface area contributed by atoms with Crippen LogP contribution in [0.3, 0.4) is 0 Å². The second-order valence-corrected chi connectivity index (χ2v) is 11.1. The topological polar surface area (TPSA) is 83.5 Å². The molecule has 0 bridgehead atoms. The number of benzene rings is 3. The predicted octanol–water partition coefficient (Wildman–Crippen LogP) is 6.27. The van der Waals surface area contributed by atoms with Crippen molar-refractivity contribution in [1.82, 2.24) is 24.4 Å². The first-order valence-corrected chi connectivity index (χ1v) is 15.0. The predicted molar refractivity (Wildman–Crippen MR) is 171 cm³/mol. The maximum absolute atomic E-state index is 13.5. The van der Waals surface area contributed by atoms with E-state index in [0.717, 1.165) is 58.0 Å². The van der Waals surface area contributed by atoms with Crippen molar-refractivity contribution in [2.24, 2.45) is 0 Å². The minimum absolute atomic E-state index is 0.223. The summed E-state index contributed by atoms with van der Waals surface area (Å²) in [4.78, 5) is 18.6. The van der Waals surface area contributed by atoms with E-state index in [-0.39, 0.29) is 5.56 Å². The molecule has 0 fully saturated rings. The zero-order chi connectivity index (χ0) is 29.8. The summed E-state index contributed by atoms with van der Waals surface area (Å²) in [5.41, 5.74) is 5.07. The van der Waals surface area contributed by atoms with Gasteiger partial charge in [-0.25, -0.2) is 4.68 Å². The molecule has 3 aromatic carbocycles. The van der Waals surface area contributed by atoms with Crippen LogP contribution in [0.2, 0.25) is 0 Å². The number of aromatic nitrogens is 5. The molecule has 0 N–H and O–H groups in total. The quantitative estimate of drug-likeness (QED) is 0.131. The molecule has 6 rings (SSSR count). The minimum Gasteiger partial charge on any atom is -0.493 e. The largest absolute Gasteiger partial charge is 0.493 e. The molecule has 0 spiro atoms. The second-order valence-electron chi connectivity index (χ2n) is 10.1. The van der Waals surface area contributed by atoms with E-state index >= 15 is 0 Å². The van der Waals surface area contributed by atoms with E-state index in [1.807, 2.05) is 90.6 Å². The summed E-state index contributed by atoms with van der Waals surface area (Å²) in [7, 11) is 0. The van der Waals surface area contributed by atoms with Gasteiger partial charge in [0.2, 0.25) is 4.96 Å². The van der Waals surface area contributed by atoms with Crippen LogP contribution in [0.5, 0.6) is 11.5 Å². The van der Waals surface area contributed by atoms with Gasteiger partial charge in [0.05, 0.1) is 16.8 Å². The van der Waals surface area contributed by atoms with E-state index in [0.29, 0.717) is 28.5 Å².